The van der Waals surface area contributed by atoms with Gasteiger partial charge in [0, 0.05) is 44.3 Å². The predicted molar refractivity (Wildman–Crippen MR) is 121 cm³/mol. The highest BCUT2D eigenvalue weighted by molar-refractivity contribution is 5.94. The van der Waals surface area contributed by atoms with E-state index in [-0.39, 0.29) is 11.9 Å². The zero-order valence-electron chi connectivity index (χ0n) is 18.9. The number of hydrogen-bond donors (Lipinski definition) is 2. The smallest absolute Gasteiger partial charge is 0.251 e. The SMILES string of the molecule is CCNC(=NCc1cccc(C(=O)NC(C)CC)c1)N1CCC(COCCOC)C1. The van der Waals surface area contributed by atoms with E-state index in [0.29, 0.717) is 31.2 Å². The first-order valence-electron chi connectivity index (χ1n) is 11.1. The minimum Gasteiger partial charge on any atom is -0.382 e. The van der Waals surface area contributed by atoms with Crippen LogP contribution in [0.5, 0.6) is 0 Å². The van der Waals surface area contributed by atoms with Crippen molar-refractivity contribution in [2.24, 2.45) is 10.9 Å². The lowest BCUT2D eigenvalue weighted by Crippen LogP contribution is -2.40. The summed E-state index contributed by atoms with van der Waals surface area (Å²) < 4.78 is 10.7. The monoisotopic (exact) mass is 418 g/mol. The molecule has 1 heterocycles. The molecule has 7 nitrogen and oxygen atoms in total. The van der Waals surface area contributed by atoms with Crippen LogP contribution in [0.25, 0.3) is 0 Å². The highest BCUT2D eigenvalue weighted by Gasteiger charge is 2.25. The van der Waals surface area contributed by atoms with Crippen LogP contribution in [0.4, 0.5) is 0 Å². The Balaban J connectivity index is 1.95. The molecule has 2 rings (SSSR count). The van der Waals surface area contributed by atoms with Crippen LogP contribution in [0, 0.1) is 5.92 Å². The maximum absolute atomic E-state index is 12.4. The summed E-state index contributed by atoms with van der Waals surface area (Å²) >= 11 is 0. The van der Waals surface area contributed by atoms with Crippen molar-refractivity contribution in [1.29, 1.82) is 0 Å². The lowest BCUT2D eigenvalue weighted by atomic mass is 10.1. The molecular weight excluding hydrogens is 380 g/mol. The Morgan fingerprint density at radius 3 is 2.90 bits per heavy atom. The van der Waals surface area contributed by atoms with E-state index in [1.807, 2.05) is 31.2 Å². The van der Waals surface area contributed by atoms with Gasteiger partial charge in [-0.15, -0.1) is 0 Å². The molecule has 0 radical (unpaired) electrons. The summed E-state index contributed by atoms with van der Waals surface area (Å²) in [6.45, 7) is 11.5. The van der Waals surface area contributed by atoms with E-state index in [0.717, 1.165) is 50.6 Å². The van der Waals surface area contributed by atoms with E-state index in [4.69, 9.17) is 14.5 Å². The van der Waals surface area contributed by atoms with Crippen LogP contribution in [0.3, 0.4) is 0 Å². The van der Waals surface area contributed by atoms with Gasteiger partial charge in [0.25, 0.3) is 5.91 Å². The van der Waals surface area contributed by atoms with Crippen LogP contribution in [-0.4, -0.2) is 69.4 Å². The first kappa shape index (κ1) is 24.2. The number of carbonyl (C=O) groups is 1. The van der Waals surface area contributed by atoms with Gasteiger partial charge in [-0.2, -0.15) is 0 Å². The molecule has 0 bridgehead atoms. The van der Waals surface area contributed by atoms with Gasteiger partial charge >= 0.3 is 0 Å². The fraction of sp³-hybridized carbons (Fsp3) is 0.652. The van der Waals surface area contributed by atoms with Crippen molar-refractivity contribution in [3.8, 4) is 0 Å². The molecule has 1 aliphatic heterocycles. The Kier molecular flexibility index (Phi) is 10.7. The Labute approximate surface area is 181 Å². The summed E-state index contributed by atoms with van der Waals surface area (Å²) in [6, 6.07) is 7.89. The summed E-state index contributed by atoms with van der Waals surface area (Å²) in [5.74, 6) is 1.41. The minimum atomic E-state index is -0.0297. The van der Waals surface area contributed by atoms with Crippen molar-refractivity contribution >= 4 is 11.9 Å². The van der Waals surface area contributed by atoms with Gasteiger partial charge in [-0.3, -0.25) is 4.79 Å². The maximum Gasteiger partial charge on any atom is 0.251 e. The standard InChI is InChI=1S/C23H38N4O3/c1-5-18(3)26-22(28)21-9-7-8-19(14-21)15-25-23(24-6-2)27-11-10-20(16-27)17-30-13-12-29-4/h7-9,14,18,20H,5-6,10-13,15-17H2,1-4H3,(H,24,25)(H,26,28). The average molecular weight is 419 g/mol. The van der Waals surface area contributed by atoms with E-state index in [9.17, 15) is 4.79 Å². The third-order valence-corrected chi connectivity index (χ3v) is 5.30. The fourth-order valence-corrected chi connectivity index (χ4v) is 3.37. The van der Waals surface area contributed by atoms with Crippen molar-refractivity contribution in [3.63, 3.8) is 0 Å². The Bertz CT molecular complexity index is 680. The molecule has 1 aromatic carbocycles. The molecule has 1 amide bonds. The largest absolute Gasteiger partial charge is 0.382 e. The highest BCUT2D eigenvalue weighted by atomic mass is 16.5. The van der Waals surface area contributed by atoms with Gasteiger partial charge in [0.1, 0.15) is 0 Å². The molecule has 1 aromatic rings. The minimum absolute atomic E-state index is 0.0297. The molecule has 0 aromatic heterocycles. The van der Waals surface area contributed by atoms with E-state index < -0.39 is 0 Å². The summed E-state index contributed by atoms with van der Waals surface area (Å²) in [5, 5.41) is 6.42. The lowest BCUT2D eigenvalue weighted by Gasteiger charge is -2.21. The molecule has 168 valence electrons. The third kappa shape index (κ3) is 7.95. The van der Waals surface area contributed by atoms with Gasteiger partial charge < -0.3 is 25.0 Å². The van der Waals surface area contributed by atoms with Gasteiger partial charge in [-0.05, 0) is 44.4 Å². The van der Waals surface area contributed by atoms with Crippen molar-refractivity contribution < 1.29 is 14.3 Å². The molecule has 2 N–H and O–H groups in total. The number of rotatable bonds is 11. The Morgan fingerprint density at radius 2 is 2.17 bits per heavy atom. The number of methoxy groups -OCH3 is 1. The second-order valence-corrected chi connectivity index (χ2v) is 7.82. The molecule has 1 aliphatic rings. The summed E-state index contributed by atoms with van der Waals surface area (Å²) in [7, 11) is 1.69. The number of likely N-dealkylation sites (tertiary alicyclic amines) is 1. The van der Waals surface area contributed by atoms with Gasteiger partial charge in [0.05, 0.1) is 26.4 Å². The zero-order valence-corrected chi connectivity index (χ0v) is 18.9. The van der Waals surface area contributed by atoms with Crippen LogP contribution in [0.15, 0.2) is 29.3 Å². The molecule has 30 heavy (non-hydrogen) atoms. The number of nitrogens with one attached hydrogen (secondary N) is 2. The lowest BCUT2D eigenvalue weighted by molar-refractivity contribution is 0.0536. The van der Waals surface area contributed by atoms with Gasteiger partial charge in [0.15, 0.2) is 5.96 Å². The predicted octanol–water partition coefficient (Wildman–Crippen LogP) is 2.67. The van der Waals surface area contributed by atoms with Crippen LogP contribution in [-0.2, 0) is 16.0 Å². The number of ether oxygens (including phenoxy) is 2. The molecular formula is C23H38N4O3. The van der Waals surface area contributed by atoms with E-state index in [1.54, 1.807) is 7.11 Å². The first-order valence-corrected chi connectivity index (χ1v) is 11.1. The Morgan fingerprint density at radius 1 is 1.33 bits per heavy atom. The quantitative estimate of drug-likeness (QED) is 0.328. The number of hydrogen-bond acceptors (Lipinski definition) is 4. The number of benzene rings is 1. The summed E-state index contributed by atoms with van der Waals surface area (Å²) in [4.78, 5) is 19.5. The molecule has 2 unspecified atom stereocenters. The maximum atomic E-state index is 12.4. The van der Waals surface area contributed by atoms with Crippen molar-refractivity contribution in [1.82, 2.24) is 15.5 Å². The van der Waals surface area contributed by atoms with Crippen molar-refractivity contribution in [2.75, 3.05) is 46.6 Å². The van der Waals surface area contributed by atoms with E-state index >= 15 is 0 Å². The third-order valence-electron chi connectivity index (χ3n) is 5.30. The number of guanidine groups is 1. The number of nitrogens with zero attached hydrogens (tertiary/aromatic N) is 2. The molecule has 0 saturated carbocycles. The van der Waals surface area contributed by atoms with Crippen LogP contribution >= 0.6 is 0 Å². The summed E-state index contributed by atoms with van der Waals surface area (Å²) in [5.41, 5.74) is 1.71. The van der Waals surface area contributed by atoms with Gasteiger partial charge in [0.2, 0.25) is 0 Å². The van der Waals surface area contributed by atoms with E-state index in [1.165, 1.54) is 0 Å². The molecule has 7 heteroatoms. The second-order valence-electron chi connectivity index (χ2n) is 7.82. The number of carbonyl (C=O) groups excluding carboxylic acids is 1. The highest BCUT2D eigenvalue weighted by Crippen LogP contribution is 2.17. The average Bonchev–Trinajstić information content (AvgIpc) is 3.23. The van der Waals surface area contributed by atoms with Crippen molar-refractivity contribution in [3.05, 3.63) is 35.4 Å². The van der Waals surface area contributed by atoms with Crippen LogP contribution < -0.4 is 10.6 Å². The second kappa shape index (κ2) is 13.2. The molecule has 2 atom stereocenters. The first-order chi connectivity index (χ1) is 14.6. The van der Waals surface area contributed by atoms with Crippen molar-refractivity contribution in [2.45, 2.75) is 46.2 Å². The number of amides is 1. The molecule has 1 saturated heterocycles. The molecule has 0 aliphatic carbocycles. The Hall–Kier alpha value is -2.12. The normalized spacial score (nSPS) is 17.8. The molecule has 1 fully saturated rings. The topological polar surface area (TPSA) is 75.2 Å². The molecule has 0 spiro atoms. The van der Waals surface area contributed by atoms with E-state index in [2.05, 4.69) is 29.4 Å². The summed E-state index contributed by atoms with van der Waals surface area (Å²) in [6.07, 6.45) is 2.01. The van der Waals surface area contributed by atoms with Gasteiger partial charge in [-0.1, -0.05) is 19.1 Å². The number of aliphatic imine (C=N–C) groups is 1. The fourth-order valence-electron chi connectivity index (χ4n) is 3.37. The van der Waals surface area contributed by atoms with Crippen LogP contribution in [0.2, 0.25) is 0 Å². The zero-order chi connectivity index (χ0) is 21.8. The van der Waals surface area contributed by atoms with Crippen LogP contribution in [0.1, 0.15) is 49.5 Å². The van der Waals surface area contributed by atoms with Gasteiger partial charge in [-0.25, -0.2) is 4.99 Å².